The third-order valence-corrected chi connectivity index (χ3v) is 5.63. The highest BCUT2D eigenvalue weighted by molar-refractivity contribution is 8.00. The summed E-state index contributed by atoms with van der Waals surface area (Å²) in [6, 6.07) is 8.81. The van der Waals surface area contributed by atoms with Gasteiger partial charge in [0.2, 0.25) is 0 Å². The van der Waals surface area contributed by atoms with Crippen LogP contribution < -0.4 is 5.73 Å². The van der Waals surface area contributed by atoms with Crippen molar-refractivity contribution in [3.63, 3.8) is 0 Å². The summed E-state index contributed by atoms with van der Waals surface area (Å²) in [5.74, 6) is 0. The lowest BCUT2D eigenvalue weighted by Crippen LogP contribution is -2.32. The van der Waals surface area contributed by atoms with E-state index in [-0.39, 0.29) is 0 Å². The van der Waals surface area contributed by atoms with Gasteiger partial charge in [-0.15, -0.1) is 11.8 Å². The molecule has 1 aliphatic heterocycles. The molecule has 2 heteroatoms. The van der Waals surface area contributed by atoms with Crippen molar-refractivity contribution in [3.8, 4) is 0 Å². The van der Waals surface area contributed by atoms with Gasteiger partial charge in [0.1, 0.15) is 0 Å². The molecule has 0 radical (unpaired) electrons. The molecule has 0 fully saturated rings. The van der Waals surface area contributed by atoms with Crippen LogP contribution in [0.3, 0.4) is 0 Å². The second kappa shape index (κ2) is 5.45. The van der Waals surface area contributed by atoms with Crippen molar-refractivity contribution in [1.29, 1.82) is 0 Å². The monoisotopic (exact) mass is 249 g/mol. The van der Waals surface area contributed by atoms with Crippen molar-refractivity contribution >= 4 is 11.8 Å². The molecule has 0 bridgehead atoms. The SMILES string of the molecule is CCC(CC)(CN)CC1Cc2ccccc2S1. The van der Waals surface area contributed by atoms with Crippen LogP contribution in [0.5, 0.6) is 0 Å². The Bertz CT molecular complexity index is 338. The van der Waals surface area contributed by atoms with Crippen LogP contribution in [0.1, 0.15) is 38.7 Å². The molecule has 1 nitrogen and oxygen atoms in total. The van der Waals surface area contributed by atoms with E-state index in [1.54, 1.807) is 0 Å². The van der Waals surface area contributed by atoms with Crippen molar-refractivity contribution in [1.82, 2.24) is 0 Å². The van der Waals surface area contributed by atoms with Crippen LogP contribution in [0.25, 0.3) is 0 Å². The van der Waals surface area contributed by atoms with E-state index < -0.39 is 0 Å². The average Bonchev–Trinajstić information content (AvgIpc) is 2.78. The Morgan fingerprint density at radius 3 is 2.59 bits per heavy atom. The van der Waals surface area contributed by atoms with Crippen LogP contribution in [-0.4, -0.2) is 11.8 Å². The molecule has 0 aliphatic carbocycles. The highest BCUT2D eigenvalue weighted by Crippen LogP contribution is 2.43. The maximum absolute atomic E-state index is 6.00. The number of nitrogens with two attached hydrogens (primary N) is 1. The summed E-state index contributed by atoms with van der Waals surface area (Å²) in [6.07, 6.45) is 4.89. The predicted molar refractivity (Wildman–Crippen MR) is 76.5 cm³/mol. The van der Waals surface area contributed by atoms with Crippen LogP contribution >= 0.6 is 11.8 Å². The van der Waals surface area contributed by atoms with Crippen LogP contribution in [0.2, 0.25) is 0 Å². The third-order valence-electron chi connectivity index (χ3n) is 4.31. The second-order valence-electron chi connectivity index (χ2n) is 5.17. The number of fused-ring (bicyclic) bond motifs is 1. The Labute approximate surface area is 109 Å². The van der Waals surface area contributed by atoms with E-state index >= 15 is 0 Å². The first kappa shape index (κ1) is 13.0. The number of rotatable bonds is 5. The third kappa shape index (κ3) is 2.69. The molecule has 1 atom stereocenters. The van der Waals surface area contributed by atoms with E-state index in [1.807, 2.05) is 0 Å². The number of benzene rings is 1. The smallest absolute Gasteiger partial charge is 0.0141 e. The van der Waals surface area contributed by atoms with Crippen LogP contribution in [0.15, 0.2) is 29.2 Å². The molecule has 0 aromatic heterocycles. The number of hydrogen-bond donors (Lipinski definition) is 1. The first-order chi connectivity index (χ1) is 8.23. The fourth-order valence-corrected chi connectivity index (χ4v) is 4.28. The van der Waals surface area contributed by atoms with E-state index in [2.05, 4.69) is 49.9 Å². The predicted octanol–water partition coefficient (Wildman–Crippen LogP) is 3.86. The van der Waals surface area contributed by atoms with E-state index in [0.717, 1.165) is 11.8 Å². The summed E-state index contributed by atoms with van der Waals surface area (Å²) in [4.78, 5) is 1.48. The molecule has 0 saturated carbocycles. The van der Waals surface area contributed by atoms with Crippen molar-refractivity contribution in [3.05, 3.63) is 29.8 Å². The highest BCUT2D eigenvalue weighted by atomic mass is 32.2. The minimum absolute atomic E-state index is 0.361. The minimum Gasteiger partial charge on any atom is -0.330 e. The van der Waals surface area contributed by atoms with Crippen LogP contribution in [0.4, 0.5) is 0 Å². The van der Waals surface area contributed by atoms with Gasteiger partial charge in [0, 0.05) is 10.1 Å². The van der Waals surface area contributed by atoms with Crippen molar-refractivity contribution in [2.45, 2.75) is 49.7 Å². The minimum atomic E-state index is 0.361. The Kier molecular flexibility index (Phi) is 4.16. The lowest BCUT2D eigenvalue weighted by molar-refractivity contribution is 0.248. The standard InChI is InChI=1S/C15H23NS/c1-3-15(4-2,11-16)10-13-9-12-7-5-6-8-14(12)17-13/h5-8,13H,3-4,9-11,16H2,1-2H3. The Balaban J connectivity index is 2.04. The molecule has 94 valence electrons. The number of thioether (sulfide) groups is 1. The van der Waals surface area contributed by atoms with Crippen LogP contribution in [-0.2, 0) is 6.42 Å². The molecule has 1 aliphatic rings. The van der Waals surface area contributed by atoms with Gasteiger partial charge in [0.05, 0.1) is 0 Å². The van der Waals surface area contributed by atoms with Gasteiger partial charge >= 0.3 is 0 Å². The second-order valence-corrected chi connectivity index (χ2v) is 6.51. The molecular weight excluding hydrogens is 226 g/mol. The number of hydrogen-bond acceptors (Lipinski definition) is 2. The van der Waals surface area contributed by atoms with Gasteiger partial charge < -0.3 is 5.73 Å². The molecule has 0 spiro atoms. The molecule has 0 amide bonds. The molecule has 17 heavy (non-hydrogen) atoms. The summed E-state index contributed by atoms with van der Waals surface area (Å²) in [7, 11) is 0. The largest absolute Gasteiger partial charge is 0.330 e. The van der Waals surface area contributed by atoms with Gasteiger partial charge in [0.25, 0.3) is 0 Å². The zero-order valence-electron chi connectivity index (χ0n) is 10.9. The lowest BCUT2D eigenvalue weighted by Gasteiger charge is -2.32. The molecule has 0 saturated heterocycles. The van der Waals surface area contributed by atoms with Crippen molar-refractivity contribution in [2.24, 2.45) is 11.1 Å². The zero-order chi connectivity index (χ0) is 12.3. The van der Waals surface area contributed by atoms with Crippen molar-refractivity contribution in [2.75, 3.05) is 6.54 Å². The van der Waals surface area contributed by atoms with E-state index in [1.165, 1.54) is 36.1 Å². The Hall–Kier alpha value is -0.470. The fourth-order valence-electron chi connectivity index (χ4n) is 2.76. The molecule has 1 heterocycles. The van der Waals surface area contributed by atoms with Crippen LogP contribution in [0, 0.1) is 5.41 Å². The average molecular weight is 249 g/mol. The van der Waals surface area contributed by atoms with E-state index in [0.29, 0.717) is 5.41 Å². The topological polar surface area (TPSA) is 26.0 Å². The quantitative estimate of drug-likeness (QED) is 0.857. The zero-order valence-corrected chi connectivity index (χ0v) is 11.7. The first-order valence-electron chi connectivity index (χ1n) is 6.67. The maximum Gasteiger partial charge on any atom is 0.0141 e. The fraction of sp³-hybridized carbons (Fsp3) is 0.600. The van der Waals surface area contributed by atoms with Gasteiger partial charge in [-0.3, -0.25) is 0 Å². The molecule has 2 rings (SSSR count). The summed E-state index contributed by atoms with van der Waals surface area (Å²) in [6.45, 7) is 5.39. The van der Waals surface area contributed by atoms with Gasteiger partial charge in [0.15, 0.2) is 0 Å². The molecular formula is C15H23NS. The van der Waals surface area contributed by atoms with Crippen molar-refractivity contribution < 1.29 is 0 Å². The van der Waals surface area contributed by atoms with Gasteiger partial charge in [-0.1, -0.05) is 32.0 Å². The van der Waals surface area contributed by atoms with E-state index in [9.17, 15) is 0 Å². The molecule has 1 aromatic rings. The Morgan fingerprint density at radius 2 is 2.00 bits per heavy atom. The molecule has 1 unspecified atom stereocenters. The summed E-state index contributed by atoms with van der Waals surface area (Å²) >= 11 is 2.05. The van der Waals surface area contributed by atoms with Gasteiger partial charge in [-0.25, -0.2) is 0 Å². The molecule has 1 aromatic carbocycles. The first-order valence-corrected chi connectivity index (χ1v) is 7.55. The maximum atomic E-state index is 6.00. The summed E-state index contributed by atoms with van der Waals surface area (Å²) in [5.41, 5.74) is 7.89. The van der Waals surface area contributed by atoms with Gasteiger partial charge in [-0.05, 0) is 49.3 Å². The van der Waals surface area contributed by atoms with Gasteiger partial charge in [-0.2, -0.15) is 0 Å². The normalized spacial score (nSPS) is 19.4. The lowest BCUT2D eigenvalue weighted by atomic mass is 9.77. The molecule has 2 N–H and O–H groups in total. The highest BCUT2D eigenvalue weighted by Gasteiger charge is 2.31. The summed E-state index contributed by atoms with van der Waals surface area (Å²) in [5, 5.41) is 0.732. The summed E-state index contributed by atoms with van der Waals surface area (Å²) < 4.78 is 0. The van der Waals surface area contributed by atoms with E-state index in [4.69, 9.17) is 5.73 Å². The Morgan fingerprint density at radius 1 is 1.29 bits per heavy atom.